The number of carbonyl (C=O) groups is 3. The molecule has 756 valence electrons. The van der Waals surface area contributed by atoms with E-state index in [4.69, 9.17) is 33.2 Å². The van der Waals surface area contributed by atoms with Crippen LogP contribution in [-0.2, 0) is 49.7 Å². The van der Waals surface area contributed by atoms with Crippen LogP contribution in [0.1, 0.15) is 107 Å². The molecule has 0 saturated carbocycles. The number of anilines is 10. The van der Waals surface area contributed by atoms with Gasteiger partial charge in [0, 0.05) is 76.0 Å². The summed E-state index contributed by atoms with van der Waals surface area (Å²) in [6, 6.07) is 61.7. The van der Waals surface area contributed by atoms with E-state index in [0.29, 0.717) is 111 Å². The molecule has 0 atom stereocenters. The van der Waals surface area contributed by atoms with Crippen LogP contribution < -0.4 is 49.6 Å². The quantitative estimate of drug-likeness (QED) is 0.0177. The average molecular weight is 2040 g/mol. The third kappa shape index (κ3) is 32.2. The number of ether oxygens (including phenoxy) is 7. The molecule has 30 nitrogen and oxygen atoms in total. The number of carbonyl (C=O) groups excluding carboxylic acids is 3. The van der Waals surface area contributed by atoms with E-state index < -0.39 is 79.2 Å². The zero-order chi connectivity index (χ0) is 105. The van der Waals surface area contributed by atoms with Crippen molar-refractivity contribution in [1.82, 2.24) is 59.8 Å². The highest BCUT2D eigenvalue weighted by molar-refractivity contribution is 7.98. The SMILES string of the molecule is CC(C)(C)OC(=O)N(c1ccc(Oc2ccc(F)cn2)cc1)c1cnc(S(C)(=O)=O)nc1Cc1ccc(F)cc1.CNc1ncc(N(C(=O)OC(C)(C)C)c2ccc(Oc3ccc(F)cn3)cc2)c(Cc2ccc(F)cc2)n1.CNc1ncc(Nc2ccc(Oc3ccc(F)cn3)cc2)c(Cc2ccc(F)cc2)n1.CSc1ncc(N(C(=O)OC(C)(C)C)c2ccc(Oc3ccc(F)cn3)cc2)c(Cc2ccc(F)cc2)n1. The minimum atomic E-state index is -3.78. The van der Waals surface area contributed by atoms with E-state index in [1.807, 2.05) is 18.4 Å². The van der Waals surface area contributed by atoms with Crippen molar-refractivity contribution in [2.24, 2.45) is 0 Å². The van der Waals surface area contributed by atoms with Crippen molar-refractivity contribution in [2.75, 3.05) is 57.3 Å². The Bertz CT molecular complexity index is 7060. The van der Waals surface area contributed by atoms with Crippen LogP contribution in [0.4, 0.5) is 107 Å². The molecule has 0 fully saturated rings. The molecule has 3 amide bonds. The van der Waals surface area contributed by atoms with Gasteiger partial charge < -0.3 is 49.1 Å². The van der Waals surface area contributed by atoms with Gasteiger partial charge in [0.05, 0.1) is 112 Å². The van der Waals surface area contributed by atoms with Crippen molar-refractivity contribution in [3.63, 3.8) is 0 Å². The smallest absolute Gasteiger partial charge is 0.419 e. The molecule has 40 heteroatoms. The highest BCUT2D eigenvalue weighted by Crippen LogP contribution is 2.40. The first-order valence-electron chi connectivity index (χ1n) is 45.0. The first-order valence-corrected chi connectivity index (χ1v) is 48.2. The second kappa shape index (κ2) is 48.7. The number of hydrogen-bond donors (Lipinski definition) is 3. The lowest BCUT2D eigenvalue weighted by atomic mass is 10.1. The predicted octanol–water partition coefficient (Wildman–Crippen LogP) is 25.3. The van der Waals surface area contributed by atoms with E-state index in [9.17, 15) is 57.9 Å². The minimum absolute atomic E-state index is 0.0668. The van der Waals surface area contributed by atoms with Crippen LogP contribution in [-0.4, -0.2) is 130 Å². The number of pyridine rings is 4. The van der Waals surface area contributed by atoms with Crippen LogP contribution in [0, 0.1) is 46.5 Å². The molecule has 0 aliphatic rings. The topological polar surface area (TPSA) is 350 Å². The van der Waals surface area contributed by atoms with Crippen molar-refractivity contribution in [3.8, 4) is 46.5 Å². The molecule has 0 unspecified atom stereocenters. The van der Waals surface area contributed by atoms with E-state index >= 15 is 0 Å². The van der Waals surface area contributed by atoms with Crippen LogP contribution in [0.25, 0.3) is 0 Å². The maximum Gasteiger partial charge on any atom is 0.419 e. The summed E-state index contributed by atoms with van der Waals surface area (Å²) in [5.41, 5.74) is 6.66. The van der Waals surface area contributed by atoms with Crippen molar-refractivity contribution < 1.29 is 91.1 Å². The van der Waals surface area contributed by atoms with E-state index in [-0.39, 0.29) is 52.9 Å². The number of sulfone groups is 1. The summed E-state index contributed by atoms with van der Waals surface area (Å²) in [5, 5.41) is 9.25. The van der Waals surface area contributed by atoms with Crippen molar-refractivity contribution in [2.45, 2.75) is 115 Å². The lowest BCUT2D eigenvalue weighted by Crippen LogP contribution is -2.34. The Morgan fingerprint density at radius 3 is 0.884 bits per heavy atom. The number of aromatic nitrogens is 12. The van der Waals surface area contributed by atoms with Gasteiger partial charge in [-0.1, -0.05) is 60.3 Å². The van der Waals surface area contributed by atoms with Crippen LogP contribution >= 0.6 is 11.8 Å². The largest absolute Gasteiger partial charge is 0.443 e. The standard InChI is InChI=1S/C28H27F2N5O3.C28H26F2N4O5S.C28H26F2N4O3S.C23H19F2N5O/c1-28(2,3)38-27(36)35(21-10-12-22(13-11-21)37-25-14-9-20(30)16-32-25)24-17-33-26(31-4)34-23(24)15-18-5-7-19(29)8-6-18;1-28(2,3)39-27(35)34(21-10-12-22(13-11-21)38-25-14-9-20(30)16-31-25)24-17-32-26(40(4,36)37)33-23(24)15-18-5-7-19(29)8-6-18;1-28(2,3)37-27(35)34(21-10-12-22(13-11-21)36-25-14-9-20(30)16-31-25)24-17-32-26(38-4)33-23(24)15-18-5-7-19(29)8-6-18;1-26-23-28-14-21(20(30-23)12-15-2-4-16(24)5-3-15)29-18-7-9-19(10-8-18)31-22-11-6-17(25)13-27-22/h5-14,16-17H,15H2,1-4H3,(H,31,33,34);5-14,16-17H,15H2,1-4H3;5-14,16-17H,15H2,1-4H3;2-11,13-14,29H,12H2,1H3,(H,26,28,30). The van der Waals surface area contributed by atoms with E-state index in [1.54, 1.807) is 210 Å². The first-order chi connectivity index (χ1) is 70.1. The molecule has 8 aromatic carbocycles. The van der Waals surface area contributed by atoms with Gasteiger partial charge in [-0.3, -0.25) is 0 Å². The Hall–Kier alpha value is -17.2. The minimum Gasteiger partial charge on any atom is -0.443 e. The molecule has 0 aliphatic carbocycles. The summed E-state index contributed by atoms with van der Waals surface area (Å²) >= 11 is 1.37. The highest BCUT2D eigenvalue weighted by Gasteiger charge is 2.33. The zero-order valence-corrected chi connectivity index (χ0v) is 83.1. The normalized spacial score (nSPS) is 11.2. The van der Waals surface area contributed by atoms with Gasteiger partial charge in [0.25, 0.3) is 0 Å². The Labute approximate surface area is 846 Å². The number of thioether (sulfide) groups is 1. The Morgan fingerprint density at radius 2 is 0.592 bits per heavy atom. The molecule has 0 aliphatic heterocycles. The summed E-state index contributed by atoms with van der Waals surface area (Å²) in [6.45, 7) is 15.8. The lowest BCUT2D eigenvalue weighted by Gasteiger charge is -2.28. The Kier molecular flexibility index (Phi) is 35.5. The van der Waals surface area contributed by atoms with Gasteiger partial charge >= 0.3 is 18.3 Å². The molecule has 0 radical (unpaired) electrons. The molecular weight excluding hydrogens is 1950 g/mol. The number of hydrogen-bond acceptors (Lipinski definition) is 28. The molecule has 16 aromatic rings. The fourth-order valence-corrected chi connectivity index (χ4v) is 14.3. The Morgan fingerprint density at radius 1 is 0.320 bits per heavy atom. The lowest BCUT2D eigenvalue weighted by molar-refractivity contribution is 0.0587. The number of rotatable bonds is 28. The van der Waals surface area contributed by atoms with E-state index in [1.165, 1.54) is 148 Å². The molecule has 8 heterocycles. The maximum atomic E-state index is 13.5. The fourth-order valence-electron chi connectivity index (χ4n) is 13.4. The molecular formula is C107H98F8N18O12S2. The molecule has 147 heavy (non-hydrogen) atoms. The van der Waals surface area contributed by atoms with Gasteiger partial charge in [-0.05, 0) is 261 Å². The third-order valence-electron chi connectivity index (χ3n) is 20.0. The highest BCUT2D eigenvalue weighted by atomic mass is 32.2. The van der Waals surface area contributed by atoms with Crippen molar-refractivity contribution in [3.05, 3.63) is 384 Å². The van der Waals surface area contributed by atoms with Gasteiger partial charge in [-0.25, -0.2) is 132 Å². The summed E-state index contributed by atoms with van der Waals surface area (Å²) in [7, 11) is -0.341. The molecule has 0 saturated heterocycles. The van der Waals surface area contributed by atoms with Crippen LogP contribution in [0.3, 0.4) is 0 Å². The summed E-state index contributed by atoms with van der Waals surface area (Å²) in [5.74, 6) is 0.344. The average Bonchev–Trinajstić information content (AvgIpc) is 0.780. The van der Waals surface area contributed by atoms with E-state index in [0.717, 1.165) is 64.8 Å². The van der Waals surface area contributed by atoms with Gasteiger partial charge in [0.15, 0.2) is 5.16 Å². The van der Waals surface area contributed by atoms with Gasteiger partial charge in [0.2, 0.25) is 50.4 Å². The molecule has 0 spiro atoms. The fraction of sp³-hybridized carbons (Fsp3) is 0.187. The van der Waals surface area contributed by atoms with Crippen molar-refractivity contribution in [1.29, 1.82) is 0 Å². The van der Waals surface area contributed by atoms with Crippen LogP contribution in [0.5, 0.6) is 46.5 Å². The van der Waals surface area contributed by atoms with Gasteiger partial charge in [0.1, 0.15) is 86.3 Å². The second-order valence-corrected chi connectivity index (χ2v) is 37.7. The monoisotopic (exact) mass is 2040 g/mol. The molecule has 16 rings (SSSR count). The third-order valence-corrected chi connectivity index (χ3v) is 21.4. The number of benzene rings is 8. The van der Waals surface area contributed by atoms with Gasteiger partial charge in [-0.15, -0.1) is 0 Å². The maximum absolute atomic E-state index is 13.5. The second-order valence-electron chi connectivity index (χ2n) is 35.0. The first kappa shape index (κ1) is 107. The number of amides is 3. The molecule has 3 N–H and O–H groups in total. The number of halogens is 8. The number of nitrogens with zero attached hydrogens (tertiary/aromatic N) is 15. The molecule has 0 bridgehead atoms. The summed E-state index contributed by atoms with van der Waals surface area (Å²) < 4.78 is 170. The molecule has 8 aromatic heterocycles. The van der Waals surface area contributed by atoms with E-state index in [2.05, 4.69) is 75.8 Å². The number of nitrogens with one attached hydrogen (secondary N) is 3. The summed E-state index contributed by atoms with van der Waals surface area (Å²) in [6.07, 6.45) is 12.3. The van der Waals surface area contributed by atoms with Crippen LogP contribution in [0.15, 0.2) is 303 Å². The van der Waals surface area contributed by atoms with Crippen LogP contribution in [0.2, 0.25) is 0 Å². The van der Waals surface area contributed by atoms with Gasteiger partial charge in [-0.2, -0.15) is 0 Å². The zero-order valence-electron chi connectivity index (χ0n) is 81.5. The predicted molar refractivity (Wildman–Crippen MR) is 540 cm³/mol. The Balaban J connectivity index is 0.000000164. The van der Waals surface area contributed by atoms with Crippen molar-refractivity contribution >= 4 is 97.3 Å². The summed E-state index contributed by atoms with van der Waals surface area (Å²) in [4.78, 5) is 95.0.